The Balaban J connectivity index is 1.46. The normalized spacial score (nSPS) is 26.7. The number of carbonyl (C=O) groups excluding carboxylic acids is 1. The quantitative estimate of drug-likeness (QED) is 0.490. The van der Waals surface area contributed by atoms with E-state index in [-0.39, 0.29) is 23.1 Å². The monoisotopic (exact) mass is 478 g/mol. The van der Waals surface area contributed by atoms with E-state index in [1.807, 2.05) is 0 Å². The third-order valence-electron chi connectivity index (χ3n) is 6.87. The maximum Gasteiger partial charge on any atom is 0.281 e. The van der Waals surface area contributed by atoms with Gasteiger partial charge in [0, 0.05) is 17.5 Å². The Kier molecular flexibility index (Phi) is 6.05. The molecular formula is C24H26F4N2O2Si. The van der Waals surface area contributed by atoms with Gasteiger partial charge in [-0.15, -0.1) is 0 Å². The van der Waals surface area contributed by atoms with Gasteiger partial charge in [0.2, 0.25) is 0 Å². The average molecular weight is 479 g/mol. The van der Waals surface area contributed by atoms with Crippen molar-refractivity contribution in [2.45, 2.75) is 55.3 Å². The molecular weight excluding hydrogens is 452 g/mol. The van der Waals surface area contributed by atoms with Crippen LogP contribution >= 0.6 is 0 Å². The molecule has 0 radical (unpaired) electrons. The van der Waals surface area contributed by atoms with Crippen LogP contribution in [0.25, 0.3) is 11.1 Å². The predicted molar refractivity (Wildman–Crippen MR) is 119 cm³/mol. The molecule has 2 aromatic rings. The summed E-state index contributed by atoms with van der Waals surface area (Å²) in [6.45, 7) is -0.275. The van der Waals surface area contributed by atoms with Crippen LogP contribution in [-0.4, -0.2) is 57.8 Å². The maximum absolute atomic E-state index is 15.5. The molecule has 3 aliphatic rings. The fraction of sp³-hybridized carbons (Fsp3) is 0.458. The van der Waals surface area contributed by atoms with Crippen LogP contribution in [0.3, 0.4) is 0 Å². The third-order valence-corrected chi connectivity index (χ3v) is 8.94. The van der Waals surface area contributed by atoms with Gasteiger partial charge in [-0.2, -0.15) is 0 Å². The van der Waals surface area contributed by atoms with E-state index < -0.39 is 57.9 Å². The molecule has 3 atom stereocenters. The predicted octanol–water partition coefficient (Wildman–Crippen LogP) is 3.43. The second kappa shape index (κ2) is 8.85. The summed E-state index contributed by atoms with van der Waals surface area (Å²) in [6.07, 6.45) is 1.82. The number of hydrogen-bond acceptors (Lipinski definition) is 3. The lowest BCUT2D eigenvalue weighted by atomic mass is 9.95. The molecule has 1 aliphatic carbocycles. The van der Waals surface area contributed by atoms with Gasteiger partial charge in [0.05, 0.1) is 34.9 Å². The average Bonchev–Trinajstić information content (AvgIpc) is 3.52. The van der Waals surface area contributed by atoms with Crippen molar-refractivity contribution in [2.75, 3.05) is 13.2 Å². The van der Waals surface area contributed by atoms with Gasteiger partial charge in [-0.05, 0) is 23.6 Å². The van der Waals surface area contributed by atoms with Crippen molar-refractivity contribution in [1.29, 1.82) is 0 Å². The van der Waals surface area contributed by atoms with Gasteiger partial charge in [0.15, 0.2) is 0 Å². The molecule has 2 saturated heterocycles. The Labute approximate surface area is 192 Å². The van der Waals surface area contributed by atoms with Crippen LogP contribution in [0.5, 0.6) is 0 Å². The van der Waals surface area contributed by atoms with Crippen LogP contribution in [0.1, 0.15) is 24.8 Å². The summed E-state index contributed by atoms with van der Waals surface area (Å²) in [5.41, 5.74) is 0.876. The molecule has 0 bridgehead atoms. The smallest absolute Gasteiger partial charge is 0.281 e. The van der Waals surface area contributed by atoms with Crippen molar-refractivity contribution in [1.82, 2.24) is 9.88 Å². The van der Waals surface area contributed by atoms with Gasteiger partial charge in [-0.3, -0.25) is 4.79 Å². The first kappa shape index (κ1) is 22.6. The molecule has 1 unspecified atom stereocenters. The number of halogens is 4. The topological polar surface area (TPSA) is 41.6 Å². The highest BCUT2D eigenvalue weighted by Crippen LogP contribution is 2.39. The maximum atomic E-state index is 15.5. The number of nitrogens with one attached hydrogen (secondary N) is 1. The Morgan fingerprint density at radius 3 is 2.48 bits per heavy atom. The second-order valence-corrected chi connectivity index (χ2v) is 11.2. The second-order valence-electron chi connectivity index (χ2n) is 9.23. The summed E-state index contributed by atoms with van der Waals surface area (Å²) >= 11 is 0. The number of hydrogen-bond donors (Lipinski definition) is 1. The van der Waals surface area contributed by atoms with Gasteiger partial charge in [0.25, 0.3) is 11.8 Å². The molecule has 2 aromatic carbocycles. The molecule has 33 heavy (non-hydrogen) atoms. The van der Waals surface area contributed by atoms with Crippen LogP contribution in [0.15, 0.2) is 42.5 Å². The molecule has 9 heteroatoms. The van der Waals surface area contributed by atoms with E-state index in [0.29, 0.717) is 18.6 Å². The van der Waals surface area contributed by atoms with E-state index in [1.54, 1.807) is 12.1 Å². The highest BCUT2D eigenvalue weighted by molar-refractivity contribution is 6.35. The summed E-state index contributed by atoms with van der Waals surface area (Å²) in [6, 6.07) is 8.32. The molecule has 2 heterocycles. The van der Waals surface area contributed by atoms with Gasteiger partial charge in [-0.1, -0.05) is 49.2 Å². The summed E-state index contributed by atoms with van der Waals surface area (Å²) in [4.78, 5) is 17.2. The van der Waals surface area contributed by atoms with Crippen molar-refractivity contribution in [3.63, 3.8) is 0 Å². The van der Waals surface area contributed by atoms with Crippen LogP contribution in [0.4, 0.5) is 17.6 Å². The highest BCUT2D eigenvalue weighted by atomic mass is 28.2. The number of nitrogens with zero attached hydrogens (tertiary/aromatic N) is 1. The lowest BCUT2D eigenvalue weighted by molar-refractivity contribution is -0.158. The fourth-order valence-electron chi connectivity index (χ4n) is 4.74. The standard InChI is InChI=1S/C24H26F4N2O2Si/c25-18-7-2-1-5-16(18)17-6-3-4-14(21(17)26)12-19-22(29-33-15-8-9-15)24(27,28)13-30(19)23(31)20-10-11-32-20/h1-7,15,19-20,22,29H,8-13,33H2/t19-,20?,22+/m0/s1. The molecule has 1 amide bonds. The van der Waals surface area contributed by atoms with E-state index in [2.05, 4.69) is 4.98 Å². The third kappa shape index (κ3) is 4.46. The molecule has 5 rings (SSSR count). The first-order valence-corrected chi connectivity index (χ1v) is 12.9. The summed E-state index contributed by atoms with van der Waals surface area (Å²) in [7, 11) is -0.927. The van der Waals surface area contributed by atoms with E-state index in [1.165, 1.54) is 35.2 Å². The minimum atomic E-state index is -3.12. The van der Waals surface area contributed by atoms with Crippen LogP contribution in [-0.2, 0) is 16.0 Å². The van der Waals surface area contributed by atoms with Crippen molar-refractivity contribution in [3.8, 4) is 11.1 Å². The zero-order valence-electron chi connectivity index (χ0n) is 18.1. The Hall–Kier alpha value is -2.23. The minimum Gasteiger partial charge on any atom is -0.368 e. The number of amides is 1. The number of likely N-dealkylation sites (tertiary alicyclic amines) is 1. The largest absolute Gasteiger partial charge is 0.368 e. The molecule has 1 saturated carbocycles. The number of rotatable bonds is 7. The minimum absolute atomic E-state index is 0.0763. The number of carbonyl (C=O) groups is 1. The first-order chi connectivity index (χ1) is 15.8. The Morgan fingerprint density at radius 2 is 1.82 bits per heavy atom. The van der Waals surface area contributed by atoms with E-state index >= 15 is 13.2 Å². The Bertz CT molecular complexity index is 1040. The van der Waals surface area contributed by atoms with Gasteiger partial charge < -0.3 is 14.6 Å². The number of alkyl halides is 2. The van der Waals surface area contributed by atoms with Gasteiger partial charge in [-0.25, -0.2) is 17.6 Å². The lowest BCUT2D eigenvalue weighted by Crippen LogP contribution is -2.53. The zero-order valence-corrected chi connectivity index (χ0v) is 19.5. The van der Waals surface area contributed by atoms with Crippen molar-refractivity contribution in [3.05, 3.63) is 59.7 Å². The summed E-state index contributed by atoms with van der Waals surface area (Å²) in [5, 5.41) is 0. The fourth-order valence-corrected chi connectivity index (χ4v) is 6.54. The number of ether oxygens (including phenoxy) is 1. The van der Waals surface area contributed by atoms with E-state index in [0.717, 1.165) is 12.8 Å². The van der Waals surface area contributed by atoms with Crippen LogP contribution in [0, 0.1) is 11.6 Å². The SMILES string of the molecule is O=C(C1CCO1)N1CC(F)(F)[C@H](N[SiH2]C2CC2)[C@@H]1Cc1cccc(-c2ccccc2F)c1F. The van der Waals surface area contributed by atoms with Crippen LogP contribution < -0.4 is 4.98 Å². The zero-order chi connectivity index (χ0) is 23.2. The molecule has 1 N–H and O–H groups in total. The van der Waals surface area contributed by atoms with E-state index in [4.69, 9.17) is 4.74 Å². The molecule has 0 aromatic heterocycles. The molecule has 2 aliphatic heterocycles. The van der Waals surface area contributed by atoms with E-state index in [9.17, 15) is 9.18 Å². The molecule has 4 nitrogen and oxygen atoms in total. The van der Waals surface area contributed by atoms with Crippen molar-refractivity contribution < 1.29 is 27.1 Å². The first-order valence-electron chi connectivity index (χ1n) is 11.4. The Morgan fingerprint density at radius 1 is 1.09 bits per heavy atom. The molecule has 3 fully saturated rings. The van der Waals surface area contributed by atoms with Crippen molar-refractivity contribution in [2.24, 2.45) is 0 Å². The lowest BCUT2D eigenvalue weighted by Gasteiger charge is -2.34. The van der Waals surface area contributed by atoms with Gasteiger partial charge >= 0.3 is 0 Å². The molecule has 176 valence electrons. The van der Waals surface area contributed by atoms with Crippen LogP contribution in [0.2, 0.25) is 5.54 Å². The summed E-state index contributed by atoms with van der Waals surface area (Å²) in [5.74, 6) is -4.79. The van der Waals surface area contributed by atoms with Gasteiger partial charge in [0.1, 0.15) is 17.7 Å². The molecule has 0 spiro atoms. The van der Waals surface area contributed by atoms with Crippen molar-refractivity contribution >= 4 is 15.6 Å². The number of benzene rings is 2. The highest BCUT2D eigenvalue weighted by Gasteiger charge is 2.56. The summed E-state index contributed by atoms with van der Waals surface area (Å²) < 4.78 is 65.3.